The highest BCUT2D eigenvalue weighted by atomic mass is 79.9. The Kier molecular flexibility index (Phi) is 6.07. The molecule has 2 N–H and O–H groups in total. The number of nitro groups is 1. The number of nitrogens with zero attached hydrogens (tertiary/aromatic N) is 2. The van der Waals surface area contributed by atoms with E-state index in [-0.39, 0.29) is 22.6 Å². The van der Waals surface area contributed by atoms with Gasteiger partial charge in [-0.1, -0.05) is 15.9 Å². The van der Waals surface area contributed by atoms with Gasteiger partial charge in [-0.05, 0) is 31.2 Å². The molecule has 0 unspecified atom stereocenters. The number of carbonyl (C=O) groups excluding carboxylic acids is 1. The van der Waals surface area contributed by atoms with Gasteiger partial charge in [-0.25, -0.2) is 5.43 Å². The number of nitro benzene ring substituents is 1. The number of aromatic hydroxyl groups is 1. The molecule has 8 nitrogen and oxygen atoms in total. The van der Waals surface area contributed by atoms with E-state index < -0.39 is 10.8 Å². The van der Waals surface area contributed by atoms with Gasteiger partial charge in [-0.2, -0.15) is 5.10 Å². The van der Waals surface area contributed by atoms with Gasteiger partial charge in [0, 0.05) is 22.2 Å². The molecule has 0 spiro atoms. The van der Waals surface area contributed by atoms with Gasteiger partial charge in [0.1, 0.15) is 11.5 Å². The van der Waals surface area contributed by atoms with Crippen LogP contribution in [0, 0.1) is 10.1 Å². The van der Waals surface area contributed by atoms with Crippen molar-refractivity contribution in [2.24, 2.45) is 5.10 Å². The van der Waals surface area contributed by atoms with Crippen molar-refractivity contribution in [2.45, 2.75) is 6.92 Å². The van der Waals surface area contributed by atoms with Crippen LogP contribution in [-0.2, 0) is 0 Å². The summed E-state index contributed by atoms with van der Waals surface area (Å²) in [7, 11) is 0. The van der Waals surface area contributed by atoms with Crippen LogP contribution >= 0.6 is 15.9 Å². The Hall–Kier alpha value is -2.94. The second-order valence-corrected chi connectivity index (χ2v) is 5.69. The van der Waals surface area contributed by atoms with E-state index in [9.17, 15) is 20.0 Å². The first-order valence-electron chi connectivity index (χ1n) is 7.15. The van der Waals surface area contributed by atoms with Crippen molar-refractivity contribution in [2.75, 3.05) is 6.61 Å². The van der Waals surface area contributed by atoms with Crippen LogP contribution in [0.1, 0.15) is 22.8 Å². The zero-order chi connectivity index (χ0) is 18.4. The van der Waals surface area contributed by atoms with E-state index in [2.05, 4.69) is 26.5 Å². The number of halogens is 1. The smallest absolute Gasteiger partial charge is 0.275 e. The first-order valence-corrected chi connectivity index (χ1v) is 7.94. The number of amides is 1. The molecule has 0 bridgehead atoms. The minimum Gasteiger partial charge on any atom is -0.507 e. The van der Waals surface area contributed by atoms with Gasteiger partial charge in [-0.15, -0.1) is 0 Å². The largest absolute Gasteiger partial charge is 0.507 e. The SMILES string of the molecule is CCOc1ccc(Br)cc1C(=O)N/N=C\c1cc([N+](=O)[O-])ccc1O. The molecule has 0 saturated heterocycles. The molecule has 0 aromatic heterocycles. The van der Waals surface area contributed by atoms with Crippen LogP contribution in [0.5, 0.6) is 11.5 Å². The molecule has 25 heavy (non-hydrogen) atoms. The van der Waals surface area contributed by atoms with E-state index in [4.69, 9.17) is 4.74 Å². The first kappa shape index (κ1) is 18.4. The number of ether oxygens (including phenoxy) is 1. The highest BCUT2D eigenvalue weighted by Crippen LogP contribution is 2.24. The topological polar surface area (TPSA) is 114 Å². The lowest BCUT2D eigenvalue weighted by Gasteiger charge is -2.09. The highest BCUT2D eigenvalue weighted by molar-refractivity contribution is 9.10. The summed E-state index contributed by atoms with van der Waals surface area (Å²) in [4.78, 5) is 22.4. The Balaban J connectivity index is 2.17. The summed E-state index contributed by atoms with van der Waals surface area (Å²) >= 11 is 3.28. The number of phenols is 1. The van der Waals surface area contributed by atoms with Gasteiger partial charge in [0.15, 0.2) is 0 Å². The standard InChI is InChI=1S/C16H14BrN3O5/c1-2-25-15-6-3-11(17)8-13(15)16(22)19-18-9-10-7-12(20(23)24)4-5-14(10)21/h3-9,21H,2H2,1H3,(H,19,22)/b18-9-. The van der Waals surface area contributed by atoms with E-state index in [0.717, 1.165) is 12.3 Å². The summed E-state index contributed by atoms with van der Waals surface area (Å²) < 4.78 is 6.09. The number of carbonyl (C=O) groups is 1. The molecular formula is C16H14BrN3O5. The van der Waals surface area contributed by atoms with Gasteiger partial charge in [0.25, 0.3) is 11.6 Å². The van der Waals surface area contributed by atoms with Crippen LogP contribution in [0.4, 0.5) is 5.69 Å². The molecule has 0 aliphatic rings. The number of phenolic OH excluding ortho intramolecular Hbond substituents is 1. The summed E-state index contributed by atoms with van der Waals surface area (Å²) in [6.07, 6.45) is 1.12. The molecule has 2 aromatic carbocycles. The van der Waals surface area contributed by atoms with Crippen molar-refractivity contribution >= 4 is 33.7 Å². The molecule has 130 valence electrons. The summed E-state index contributed by atoms with van der Waals surface area (Å²) in [5.41, 5.74) is 2.48. The van der Waals surface area contributed by atoms with Gasteiger partial charge < -0.3 is 9.84 Å². The molecule has 2 rings (SSSR count). The van der Waals surface area contributed by atoms with Gasteiger partial charge in [-0.3, -0.25) is 14.9 Å². The van der Waals surface area contributed by atoms with Crippen LogP contribution in [0.2, 0.25) is 0 Å². The molecule has 0 saturated carbocycles. The van der Waals surface area contributed by atoms with Gasteiger partial charge in [0.2, 0.25) is 0 Å². The monoisotopic (exact) mass is 407 g/mol. The lowest BCUT2D eigenvalue weighted by Crippen LogP contribution is -2.18. The van der Waals surface area contributed by atoms with Crippen molar-refractivity contribution in [1.29, 1.82) is 0 Å². The zero-order valence-corrected chi connectivity index (χ0v) is 14.7. The number of hydrogen-bond donors (Lipinski definition) is 2. The third kappa shape index (κ3) is 4.77. The van der Waals surface area contributed by atoms with Crippen molar-refractivity contribution in [3.63, 3.8) is 0 Å². The average molecular weight is 408 g/mol. The molecule has 0 heterocycles. The maximum atomic E-state index is 12.2. The summed E-state index contributed by atoms with van der Waals surface area (Å²) in [5, 5.41) is 24.2. The number of hydrazone groups is 1. The maximum absolute atomic E-state index is 12.2. The fraction of sp³-hybridized carbons (Fsp3) is 0.125. The molecule has 0 radical (unpaired) electrons. The van der Waals surface area contributed by atoms with E-state index in [1.807, 2.05) is 0 Å². The fourth-order valence-electron chi connectivity index (χ4n) is 1.94. The summed E-state index contributed by atoms with van der Waals surface area (Å²) in [6, 6.07) is 8.48. The van der Waals surface area contributed by atoms with Gasteiger partial charge >= 0.3 is 0 Å². The highest BCUT2D eigenvalue weighted by Gasteiger charge is 2.13. The zero-order valence-electron chi connectivity index (χ0n) is 13.1. The lowest BCUT2D eigenvalue weighted by molar-refractivity contribution is -0.384. The quantitative estimate of drug-likeness (QED) is 0.433. The third-order valence-corrected chi connectivity index (χ3v) is 3.57. The number of benzene rings is 2. The van der Waals surface area contributed by atoms with E-state index >= 15 is 0 Å². The van der Waals surface area contributed by atoms with Crippen LogP contribution in [0.15, 0.2) is 46.0 Å². The first-order chi connectivity index (χ1) is 11.9. The van der Waals surface area contributed by atoms with Crippen LogP contribution < -0.4 is 10.2 Å². The number of non-ortho nitro benzene ring substituents is 1. The Morgan fingerprint density at radius 3 is 2.84 bits per heavy atom. The minimum absolute atomic E-state index is 0.105. The lowest BCUT2D eigenvalue weighted by atomic mass is 10.2. The predicted molar refractivity (Wildman–Crippen MR) is 95.1 cm³/mol. The predicted octanol–water partition coefficient (Wildman–Crippen LogP) is 3.23. The van der Waals surface area contributed by atoms with Crippen LogP contribution in [0.25, 0.3) is 0 Å². The Morgan fingerprint density at radius 2 is 2.16 bits per heavy atom. The Labute approximate surface area is 151 Å². The van der Waals surface area contributed by atoms with Crippen LogP contribution in [0.3, 0.4) is 0 Å². The number of hydrogen-bond acceptors (Lipinski definition) is 6. The number of nitrogens with one attached hydrogen (secondary N) is 1. The second-order valence-electron chi connectivity index (χ2n) is 4.77. The summed E-state index contributed by atoms with van der Waals surface area (Å²) in [5.74, 6) is -0.316. The van der Waals surface area contributed by atoms with E-state index in [0.29, 0.717) is 16.8 Å². The van der Waals surface area contributed by atoms with Crippen molar-refractivity contribution < 1.29 is 19.6 Å². The molecule has 0 fully saturated rings. The second kappa shape index (κ2) is 8.25. The number of rotatable bonds is 6. The summed E-state index contributed by atoms with van der Waals surface area (Å²) in [6.45, 7) is 2.19. The fourth-order valence-corrected chi connectivity index (χ4v) is 2.30. The van der Waals surface area contributed by atoms with Gasteiger partial charge in [0.05, 0.1) is 23.3 Å². The molecule has 2 aromatic rings. The third-order valence-electron chi connectivity index (χ3n) is 3.08. The molecule has 1 amide bonds. The van der Waals surface area contributed by atoms with Crippen molar-refractivity contribution in [1.82, 2.24) is 5.43 Å². The molecule has 0 atom stereocenters. The minimum atomic E-state index is -0.592. The van der Waals surface area contributed by atoms with Crippen LogP contribution in [-0.4, -0.2) is 28.8 Å². The molecule has 0 aliphatic heterocycles. The van der Waals surface area contributed by atoms with E-state index in [1.54, 1.807) is 25.1 Å². The normalized spacial score (nSPS) is 10.6. The van der Waals surface area contributed by atoms with Crippen molar-refractivity contribution in [3.05, 3.63) is 62.1 Å². The Morgan fingerprint density at radius 1 is 1.40 bits per heavy atom. The van der Waals surface area contributed by atoms with E-state index in [1.165, 1.54) is 12.1 Å². The Bertz CT molecular complexity index is 839. The molecule has 9 heteroatoms. The average Bonchev–Trinajstić information content (AvgIpc) is 2.58. The maximum Gasteiger partial charge on any atom is 0.275 e. The molecular weight excluding hydrogens is 394 g/mol. The van der Waals surface area contributed by atoms with Crippen molar-refractivity contribution in [3.8, 4) is 11.5 Å². The molecule has 0 aliphatic carbocycles.